The van der Waals surface area contributed by atoms with Gasteiger partial charge in [0, 0.05) is 55.4 Å². The van der Waals surface area contributed by atoms with Gasteiger partial charge in [-0.25, -0.2) is 4.79 Å². The van der Waals surface area contributed by atoms with Crippen LogP contribution in [0.25, 0.3) is 11.0 Å². The fraction of sp³-hybridized carbons (Fsp3) is 0.600. The number of fused-ring (bicyclic) bond motifs is 1. The average molecular weight is 438 g/mol. The predicted molar refractivity (Wildman–Crippen MR) is 127 cm³/mol. The van der Waals surface area contributed by atoms with E-state index in [2.05, 4.69) is 15.1 Å². The van der Waals surface area contributed by atoms with Crippen LogP contribution < -0.4 is 10.9 Å². The maximum atomic E-state index is 11.7. The quantitative estimate of drug-likeness (QED) is 0.560. The fourth-order valence-corrected chi connectivity index (χ4v) is 7.62. The highest BCUT2D eigenvalue weighted by Gasteiger charge is 2.50. The summed E-state index contributed by atoms with van der Waals surface area (Å²) in [5.41, 5.74) is 2.09. The van der Waals surface area contributed by atoms with Gasteiger partial charge in [-0.1, -0.05) is 0 Å². The van der Waals surface area contributed by atoms with Crippen molar-refractivity contribution in [3.8, 4) is 0 Å². The number of thiocarbonyl (C=S) groups is 1. The van der Waals surface area contributed by atoms with Crippen molar-refractivity contribution >= 4 is 34.0 Å². The Kier molecular flexibility index (Phi) is 4.83. The number of hydrogen-bond donors (Lipinski definition) is 1. The van der Waals surface area contributed by atoms with Gasteiger partial charge in [-0.15, -0.1) is 0 Å². The lowest BCUT2D eigenvalue weighted by molar-refractivity contribution is -0.0726. The lowest BCUT2D eigenvalue weighted by Gasteiger charge is -2.58. The normalized spacial score (nSPS) is 32.5. The van der Waals surface area contributed by atoms with Gasteiger partial charge in [-0.3, -0.25) is 4.90 Å². The molecule has 0 atom stereocenters. The molecule has 1 aliphatic heterocycles. The number of nitrogens with one attached hydrogen (secondary N) is 1. The number of hydrogen-bond acceptors (Lipinski definition) is 4. The van der Waals surface area contributed by atoms with Crippen molar-refractivity contribution < 1.29 is 4.42 Å². The number of piperazine rings is 1. The van der Waals surface area contributed by atoms with Gasteiger partial charge in [0.15, 0.2) is 5.11 Å². The summed E-state index contributed by atoms with van der Waals surface area (Å²) >= 11 is 5.73. The highest BCUT2D eigenvalue weighted by Crippen LogP contribution is 2.55. The molecule has 5 fully saturated rings. The number of aryl methyl sites for hydroxylation is 1. The minimum atomic E-state index is -0.314. The summed E-state index contributed by atoms with van der Waals surface area (Å²) < 4.78 is 5.38. The van der Waals surface area contributed by atoms with Crippen LogP contribution >= 0.6 is 12.2 Å². The molecule has 4 saturated carbocycles. The first-order valence-corrected chi connectivity index (χ1v) is 12.3. The largest absolute Gasteiger partial charge is 0.423 e. The maximum absolute atomic E-state index is 11.7. The number of rotatable bonds is 2. The summed E-state index contributed by atoms with van der Waals surface area (Å²) in [5.74, 6) is 3.96. The molecule has 0 unspecified atom stereocenters. The summed E-state index contributed by atoms with van der Waals surface area (Å²) in [4.78, 5) is 16.8. The molecule has 6 heteroatoms. The van der Waals surface area contributed by atoms with Crippen molar-refractivity contribution in [3.63, 3.8) is 0 Å². The van der Waals surface area contributed by atoms with Gasteiger partial charge in [-0.2, -0.15) is 0 Å². The van der Waals surface area contributed by atoms with Crippen LogP contribution in [0.3, 0.4) is 0 Å². The standard InChI is InChI=1S/C25H31N3O2S/c1-15-8-23(29)30-22-14-20(2-3-21(15)22)26-25(31)28-6-4-27(5-7-28)24-18-10-16-9-17(12-18)13-19(24)11-16/h2-3,8,14,16-19,24H,4-7,9-13H2,1H3,(H,26,31). The van der Waals surface area contributed by atoms with Crippen molar-refractivity contribution in [1.82, 2.24) is 9.80 Å². The van der Waals surface area contributed by atoms with Gasteiger partial charge in [0.2, 0.25) is 0 Å². The van der Waals surface area contributed by atoms with Crippen LogP contribution in [0.5, 0.6) is 0 Å². The lowest BCUT2D eigenvalue weighted by atomic mass is 9.54. The van der Waals surface area contributed by atoms with E-state index in [-0.39, 0.29) is 5.63 Å². The highest BCUT2D eigenvalue weighted by atomic mass is 32.1. The summed E-state index contributed by atoms with van der Waals surface area (Å²) in [6.45, 7) is 6.12. The molecule has 1 aromatic heterocycles. The van der Waals surface area contributed by atoms with Gasteiger partial charge in [-0.05, 0) is 92.6 Å². The van der Waals surface area contributed by atoms with Crippen molar-refractivity contribution in [2.24, 2.45) is 23.7 Å². The number of benzene rings is 1. The van der Waals surface area contributed by atoms with Gasteiger partial charge >= 0.3 is 5.63 Å². The van der Waals surface area contributed by atoms with Gasteiger partial charge in [0.25, 0.3) is 0 Å². The van der Waals surface area contributed by atoms with Gasteiger partial charge in [0.05, 0.1) is 0 Å². The van der Waals surface area contributed by atoms with Crippen LogP contribution in [0.2, 0.25) is 0 Å². The molecule has 2 aromatic rings. The van der Waals surface area contributed by atoms with Crippen molar-refractivity contribution in [1.29, 1.82) is 0 Å². The molecule has 0 radical (unpaired) electrons. The zero-order chi connectivity index (χ0) is 21.1. The molecule has 31 heavy (non-hydrogen) atoms. The zero-order valence-electron chi connectivity index (χ0n) is 18.2. The number of nitrogens with zero attached hydrogens (tertiary/aromatic N) is 2. The summed E-state index contributed by atoms with van der Waals surface area (Å²) in [6.07, 6.45) is 7.45. The van der Waals surface area contributed by atoms with Crippen LogP contribution in [-0.4, -0.2) is 47.1 Å². The Hall–Kier alpha value is -1.92. The Labute approximate surface area is 188 Å². The maximum Gasteiger partial charge on any atom is 0.336 e. The molecule has 1 N–H and O–H groups in total. The SMILES string of the molecule is Cc1cc(=O)oc2cc(NC(=S)N3CCN(C4C5CC6CC(C5)CC4C6)CC3)ccc12. The van der Waals surface area contributed by atoms with E-state index in [1.807, 2.05) is 25.1 Å². The molecule has 0 spiro atoms. The van der Waals surface area contributed by atoms with E-state index in [4.69, 9.17) is 16.6 Å². The third-order valence-electron chi connectivity index (χ3n) is 8.40. The van der Waals surface area contributed by atoms with Crippen LogP contribution in [0, 0.1) is 30.6 Å². The molecule has 5 aliphatic rings. The minimum absolute atomic E-state index is 0.314. The first-order chi connectivity index (χ1) is 15.0. The third kappa shape index (κ3) is 3.58. The van der Waals surface area contributed by atoms with E-state index < -0.39 is 0 Å². The second kappa shape index (κ2) is 7.59. The molecule has 1 saturated heterocycles. The first kappa shape index (κ1) is 19.7. The molecular weight excluding hydrogens is 406 g/mol. The Bertz CT molecular complexity index is 1040. The van der Waals surface area contributed by atoms with Crippen LogP contribution in [0.1, 0.15) is 37.7 Å². The molecular formula is C25H31N3O2S. The van der Waals surface area contributed by atoms with E-state index >= 15 is 0 Å². The Morgan fingerprint density at radius 3 is 2.35 bits per heavy atom. The van der Waals surface area contributed by atoms with Crippen molar-refractivity contribution in [2.45, 2.75) is 45.1 Å². The molecule has 2 heterocycles. The second-order valence-corrected chi connectivity index (χ2v) is 10.7. The predicted octanol–water partition coefficient (Wildman–Crippen LogP) is 4.24. The summed E-state index contributed by atoms with van der Waals surface area (Å²) in [5, 5.41) is 5.09. The van der Waals surface area contributed by atoms with E-state index in [0.717, 1.165) is 77.6 Å². The molecule has 5 nitrogen and oxygen atoms in total. The molecule has 4 aliphatic carbocycles. The Morgan fingerprint density at radius 2 is 1.68 bits per heavy atom. The average Bonchev–Trinajstić information content (AvgIpc) is 2.73. The first-order valence-electron chi connectivity index (χ1n) is 11.9. The summed E-state index contributed by atoms with van der Waals surface area (Å²) in [6, 6.07) is 8.22. The van der Waals surface area contributed by atoms with Gasteiger partial charge in [0.1, 0.15) is 5.58 Å². The summed E-state index contributed by atoms with van der Waals surface area (Å²) in [7, 11) is 0. The highest BCUT2D eigenvalue weighted by molar-refractivity contribution is 7.80. The van der Waals surface area contributed by atoms with E-state index in [1.165, 1.54) is 38.2 Å². The molecule has 1 aromatic carbocycles. The Morgan fingerprint density at radius 1 is 1.00 bits per heavy atom. The van der Waals surface area contributed by atoms with Crippen LogP contribution in [-0.2, 0) is 0 Å². The van der Waals surface area contributed by atoms with E-state index in [0.29, 0.717) is 5.58 Å². The fourth-order valence-electron chi connectivity index (χ4n) is 7.32. The Balaban J connectivity index is 1.10. The monoisotopic (exact) mass is 437 g/mol. The van der Waals surface area contributed by atoms with Gasteiger partial charge < -0.3 is 14.6 Å². The zero-order valence-corrected chi connectivity index (χ0v) is 19.0. The molecule has 7 rings (SSSR count). The molecule has 0 amide bonds. The second-order valence-electron chi connectivity index (χ2n) is 10.3. The molecule has 164 valence electrons. The lowest BCUT2D eigenvalue weighted by Crippen LogP contribution is -2.60. The van der Waals surface area contributed by atoms with Crippen molar-refractivity contribution in [3.05, 3.63) is 40.2 Å². The molecule has 4 bridgehead atoms. The van der Waals surface area contributed by atoms with Crippen LogP contribution in [0.15, 0.2) is 33.5 Å². The van der Waals surface area contributed by atoms with E-state index in [1.54, 1.807) is 0 Å². The third-order valence-corrected chi connectivity index (χ3v) is 8.76. The minimum Gasteiger partial charge on any atom is -0.423 e. The van der Waals surface area contributed by atoms with Crippen LogP contribution in [0.4, 0.5) is 5.69 Å². The van der Waals surface area contributed by atoms with E-state index in [9.17, 15) is 4.79 Å². The number of anilines is 1. The topological polar surface area (TPSA) is 48.7 Å². The van der Waals surface area contributed by atoms with Crippen molar-refractivity contribution in [2.75, 3.05) is 31.5 Å². The smallest absolute Gasteiger partial charge is 0.336 e.